The van der Waals surface area contributed by atoms with E-state index in [4.69, 9.17) is 10.00 Å². The van der Waals surface area contributed by atoms with Crippen LogP contribution in [0.2, 0.25) is 0 Å². The van der Waals surface area contributed by atoms with E-state index < -0.39 is 0 Å². The quantitative estimate of drug-likeness (QED) is 0.822. The number of nitrogens with zero attached hydrogens (tertiary/aromatic N) is 6. The number of ether oxygens (including phenoxy) is 1. The zero-order valence-corrected chi connectivity index (χ0v) is 13.8. The number of nitriles is 1. The van der Waals surface area contributed by atoms with Gasteiger partial charge in [-0.25, -0.2) is 4.98 Å². The zero-order chi connectivity index (χ0) is 16.1. The van der Waals surface area contributed by atoms with Gasteiger partial charge in [0, 0.05) is 32.4 Å². The van der Waals surface area contributed by atoms with Crippen molar-refractivity contribution in [2.75, 3.05) is 37.7 Å². The van der Waals surface area contributed by atoms with Gasteiger partial charge in [0.25, 0.3) is 5.19 Å². The molecule has 2 aromatic heterocycles. The molecular formula is C15H18N6OS. The highest BCUT2D eigenvalue weighted by Crippen LogP contribution is 2.20. The van der Waals surface area contributed by atoms with Gasteiger partial charge in [0.2, 0.25) is 0 Å². The van der Waals surface area contributed by atoms with Crippen LogP contribution in [-0.2, 0) is 6.54 Å². The molecule has 0 aliphatic carbocycles. The van der Waals surface area contributed by atoms with Gasteiger partial charge in [-0.05, 0) is 19.1 Å². The Hall–Kier alpha value is -2.24. The molecule has 0 atom stereocenters. The summed E-state index contributed by atoms with van der Waals surface area (Å²) in [4.78, 5) is 8.92. The fourth-order valence-corrected chi connectivity index (χ4v) is 3.26. The third-order valence-corrected chi connectivity index (χ3v) is 4.47. The molecule has 3 heterocycles. The molecule has 23 heavy (non-hydrogen) atoms. The summed E-state index contributed by atoms with van der Waals surface area (Å²) in [7, 11) is 0. The van der Waals surface area contributed by atoms with E-state index in [2.05, 4.69) is 31.1 Å². The number of hydrogen-bond donors (Lipinski definition) is 0. The van der Waals surface area contributed by atoms with E-state index in [-0.39, 0.29) is 0 Å². The normalized spacial score (nSPS) is 15.4. The van der Waals surface area contributed by atoms with Gasteiger partial charge in [0.1, 0.15) is 10.8 Å². The summed E-state index contributed by atoms with van der Waals surface area (Å²) in [6.07, 6.45) is 1.69. The molecule has 1 aliphatic rings. The molecule has 0 bridgehead atoms. The van der Waals surface area contributed by atoms with Gasteiger partial charge in [0.15, 0.2) is 0 Å². The van der Waals surface area contributed by atoms with Crippen LogP contribution in [0.25, 0.3) is 0 Å². The molecule has 2 aromatic rings. The summed E-state index contributed by atoms with van der Waals surface area (Å²) in [5, 5.41) is 18.8. The molecule has 120 valence electrons. The lowest BCUT2D eigenvalue weighted by Crippen LogP contribution is -2.46. The Morgan fingerprint density at radius 3 is 2.87 bits per heavy atom. The molecule has 0 radical (unpaired) electrons. The summed E-state index contributed by atoms with van der Waals surface area (Å²) in [6, 6.07) is 5.73. The standard InChI is InChI=1S/C15H18N6OS/c1-2-22-15-19-18-14(23-15)11-20-5-7-21(8-6-20)13-9-12(10-16)3-4-17-13/h3-4,9H,2,5-8,11H2,1H3. The maximum Gasteiger partial charge on any atom is 0.294 e. The Morgan fingerprint density at radius 2 is 2.13 bits per heavy atom. The van der Waals surface area contributed by atoms with E-state index in [1.165, 1.54) is 11.3 Å². The molecule has 0 N–H and O–H groups in total. The van der Waals surface area contributed by atoms with Crippen molar-refractivity contribution in [2.24, 2.45) is 0 Å². The molecule has 0 spiro atoms. The monoisotopic (exact) mass is 330 g/mol. The average molecular weight is 330 g/mol. The van der Waals surface area contributed by atoms with Crippen molar-refractivity contribution in [3.63, 3.8) is 0 Å². The van der Waals surface area contributed by atoms with Gasteiger partial charge >= 0.3 is 0 Å². The first-order chi connectivity index (χ1) is 11.3. The van der Waals surface area contributed by atoms with Crippen LogP contribution in [0.15, 0.2) is 18.3 Å². The summed E-state index contributed by atoms with van der Waals surface area (Å²) in [5.41, 5.74) is 0.648. The maximum absolute atomic E-state index is 8.98. The van der Waals surface area contributed by atoms with Crippen molar-refractivity contribution < 1.29 is 4.74 Å². The van der Waals surface area contributed by atoms with Gasteiger partial charge in [-0.15, -0.1) is 10.2 Å². The van der Waals surface area contributed by atoms with E-state index >= 15 is 0 Å². The van der Waals surface area contributed by atoms with E-state index in [0.717, 1.165) is 43.5 Å². The SMILES string of the molecule is CCOc1nnc(CN2CCN(c3cc(C#N)ccn3)CC2)s1. The molecular weight excluding hydrogens is 312 g/mol. The summed E-state index contributed by atoms with van der Waals surface area (Å²) in [5.74, 6) is 0.873. The van der Waals surface area contributed by atoms with Crippen LogP contribution in [0.4, 0.5) is 5.82 Å². The van der Waals surface area contributed by atoms with E-state index in [0.29, 0.717) is 17.4 Å². The average Bonchev–Trinajstić information content (AvgIpc) is 3.03. The minimum atomic E-state index is 0.613. The van der Waals surface area contributed by atoms with E-state index in [9.17, 15) is 0 Å². The van der Waals surface area contributed by atoms with Crippen molar-refractivity contribution >= 4 is 17.2 Å². The molecule has 1 aliphatic heterocycles. The third-order valence-electron chi connectivity index (χ3n) is 3.65. The van der Waals surface area contributed by atoms with Crippen molar-refractivity contribution in [3.05, 3.63) is 28.9 Å². The van der Waals surface area contributed by atoms with Gasteiger partial charge in [0.05, 0.1) is 24.8 Å². The molecule has 0 saturated carbocycles. The maximum atomic E-state index is 8.98. The minimum absolute atomic E-state index is 0.613. The van der Waals surface area contributed by atoms with Crippen LogP contribution in [0.5, 0.6) is 5.19 Å². The summed E-state index contributed by atoms with van der Waals surface area (Å²) >= 11 is 1.51. The molecule has 0 unspecified atom stereocenters. The first-order valence-electron chi connectivity index (χ1n) is 7.57. The highest BCUT2D eigenvalue weighted by Gasteiger charge is 2.19. The fourth-order valence-electron chi connectivity index (χ4n) is 2.47. The number of piperazine rings is 1. The van der Waals surface area contributed by atoms with Crippen LogP contribution in [0.3, 0.4) is 0 Å². The van der Waals surface area contributed by atoms with Gasteiger partial charge in [-0.2, -0.15) is 5.26 Å². The van der Waals surface area contributed by atoms with Gasteiger partial charge in [-0.1, -0.05) is 11.3 Å². The largest absolute Gasteiger partial charge is 0.469 e. The zero-order valence-electron chi connectivity index (χ0n) is 13.0. The molecule has 3 rings (SSSR count). The minimum Gasteiger partial charge on any atom is -0.469 e. The Balaban J connectivity index is 1.54. The second-order valence-electron chi connectivity index (χ2n) is 5.17. The fraction of sp³-hybridized carbons (Fsp3) is 0.467. The van der Waals surface area contributed by atoms with Crippen molar-refractivity contribution in [3.8, 4) is 11.3 Å². The van der Waals surface area contributed by atoms with E-state index in [1.807, 2.05) is 13.0 Å². The summed E-state index contributed by atoms with van der Waals surface area (Å²) in [6.45, 7) is 6.99. The number of anilines is 1. The van der Waals surface area contributed by atoms with Crippen LogP contribution in [-0.4, -0.2) is 52.9 Å². The molecule has 1 saturated heterocycles. The number of hydrogen-bond acceptors (Lipinski definition) is 8. The summed E-state index contributed by atoms with van der Waals surface area (Å²) < 4.78 is 5.36. The van der Waals surface area contributed by atoms with Crippen molar-refractivity contribution in [1.29, 1.82) is 5.26 Å². The van der Waals surface area contributed by atoms with Crippen molar-refractivity contribution in [1.82, 2.24) is 20.1 Å². The number of rotatable bonds is 5. The van der Waals surface area contributed by atoms with E-state index in [1.54, 1.807) is 12.3 Å². The molecule has 1 fully saturated rings. The van der Waals surface area contributed by atoms with Crippen LogP contribution in [0, 0.1) is 11.3 Å². The highest BCUT2D eigenvalue weighted by atomic mass is 32.1. The lowest BCUT2D eigenvalue weighted by Gasteiger charge is -2.34. The Bertz CT molecular complexity index is 689. The van der Waals surface area contributed by atoms with Crippen LogP contribution < -0.4 is 9.64 Å². The number of aromatic nitrogens is 3. The Morgan fingerprint density at radius 1 is 1.30 bits per heavy atom. The first kappa shape index (κ1) is 15.6. The predicted molar refractivity (Wildman–Crippen MR) is 87.5 cm³/mol. The highest BCUT2D eigenvalue weighted by molar-refractivity contribution is 7.13. The smallest absolute Gasteiger partial charge is 0.294 e. The third kappa shape index (κ3) is 3.94. The molecule has 0 amide bonds. The lowest BCUT2D eigenvalue weighted by molar-refractivity contribution is 0.248. The second kappa shape index (κ2) is 7.35. The van der Waals surface area contributed by atoms with Gasteiger partial charge < -0.3 is 9.64 Å². The van der Waals surface area contributed by atoms with Crippen LogP contribution >= 0.6 is 11.3 Å². The number of pyridine rings is 1. The first-order valence-corrected chi connectivity index (χ1v) is 8.38. The predicted octanol–water partition coefficient (Wildman–Crippen LogP) is 1.53. The van der Waals surface area contributed by atoms with Crippen molar-refractivity contribution in [2.45, 2.75) is 13.5 Å². The topological polar surface area (TPSA) is 78.2 Å². The molecule has 0 aromatic carbocycles. The molecule has 7 nitrogen and oxygen atoms in total. The lowest BCUT2D eigenvalue weighted by atomic mass is 10.2. The molecule has 8 heteroatoms. The van der Waals surface area contributed by atoms with Crippen LogP contribution in [0.1, 0.15) is 17.5 Å². The second-order valence-corrected chi connectivity index (χ2v) is 6.20. The Kier molecular flexibility index (Phi) is 5.00. The Labute approximate surface area is 139 Å². The van der Waals surface area contributed by atoms with Gasteiger partial charge in [-0.3, -0.25) is 4.90 Å².